The molecule has 1 atom stereocenters. The molecule has 0 amide bonds. The third-order valence-electron chi connectivity index (χ3n) is 4.88. The van der Waals surface area contributed by atoms with Crippen LogP contribution in [0.25, 0.3) is 6.08 Å². The number of benzene rings is 2. The van der Waals surface area contributed by atoms with Crippen LogP contribution in [0, 0.1) is 0 Å². The molecular formula is C21H20O6. The van der Waals surface area contributed by atoms with E-state index in [1.807, 2.05) is 26.0 Å². The van der Waals surface area contributed by atoms with E-state index in [0.717, 1.165) is 0 Å². The van der Waals surface area contributed by atoms with Gasteiger partial charge in [-0.05, 0) is 50.3 Å². The fourth-order valence-corrected chi connectivity index (χ4v) is 3.42. The van der Waals surface area contributed by atoms with Gasteiger partial charge in [-0.2, -0.15) is 0 Å². The van der Waals surface area contributed by atoms with Gasteiger partial charge in [0.25, 0.3) is 0 Å². The van der Waals surface area contributed by atoms with Gasteiger partial charge in [0.2, 0.25) is 5.78 Å². The van der Waals surface area contributed by atoms with E-state index in [1.165, 1.54) is 19.2 Å². The molecule has 2 aliphatic rings. The van der Waals surface area contributed by atoms with E-state index >= 15 is 0 Å². The number of methoxy groups -OCH3 is 1. The number of phenols is 1. The first-order chi connectivity index (χ1) is 12.7. The zero-order valence-electron chi connectivity index (χ0n) is 15.3. The monoisotopic (exact) mass is 368 g/mol. The molecule has 2 aromatic carbocycles. The summed E-state index contributed by atoms with van der Waals surface area (Å²) in [5, 5.41) is 21.3. The summed E-state index contributed by atoms with van der Waals surface area (Å²) in [4.78, 5) is 13.1. The van der Waals surface area contributed by atoms with Crippen LogP contribution in [0.4, 0.5) is 0 Å². The minimum atomic E-state index is -1.99. The zero-order valence-corrected chi connectivity index (χ0v) is 15.3. The summed E-state index contributed by atoms with van der Waals surface area (Å²) in [6, 6.07) is 7.66. The van der Waals surface area contributed by atoms with Crippen LogP contribution in [-0.2, 0) is 5.60 Å². The normalized spacial score (nSPS) is 22.3. The van der Waals surface area contributed by atoms with Gasteiger partial charge in [-0.1, -0.05) is 0 Å². The van der Waals surface area contributed by atoms with Gasteiger partial charge in [0.1, 0.15) is 35.2 Å². The van der Waals surface area contributed by atoms with E-state index in [9.17, 15) is 15.0 Å². The minimum absolute atomic E-state index is 0.0737. The molecule has 0 bridgehead atoms. The summed E-state index contributed by atoms with van der Waals surface area (Å²) in [6.07, 6.45) is 3.75. The average Bonchev–Trinajstić information content (AvgIpc) is 2.63. The van der Waals surface area contributed by atoms with Crippen molar-refractivity contribution in [3.8, 4) is 23.0 Å². The second-order valence-corrected chi connectivity index (χ2v) is 7.25. The van der Waals surface area contributed by atoms with E-state index in [1.54, 1.807) is 18.2 Å². The maximum atomic E-state index is 13.1. The van der Waals surface area contributed by atoms with Crippen molar-refractivity contribution in [1.82, 2.24) is 0 Å². The first-order valence-corrected chi connectivity index (χ1v) is 8.58. The van der Waals surface area contributed by atoms with Gasteiger partial charge < -0.3 is 24.4 Å². The molecule has 2 heterocycles. The van der Waals surface area contributed by atoms with Gasteiger partial charge >= 0.3 is 0 Å². The fourth-order valence-electron chi connectivity index (χ4n) is 3.42. The fraction of sp³-hybridized carbons (Fsp3) is 0.286. The van der Waals surface area contributed by atoms with Crippen molar-refractivity contribution in [3.05, 3.63) is 53.1 Å². The Morgan fingerprint density at radius 3 is 2.67 bits per heavy atom. The molecule has 0 radical (unpaired) electrons. The number of aliphatic hydroxyl groups is 1. The largest absolute Gasteiger partial charge is 0.507 e. The van der Waals surface area contributed by atoms with E-state index in [-0.39, 0.29) is 23.5 Å². The number of fused-ring (bicyclic) bond motifs is 3. The van der Waals surface area contributed by atoms with Crippen LogP contribution in [0.2, 0.25) is 0 Å². The smallest absolute Gasteiger partial charge is 0.206 e. The van der Waals surface area contributed by atoms with Crippen LogP contribution in [0.1, 0.15) is 35.3 Å². The third-order valence-corrected chi connectivity index (χ3v) is 4.88. The second kappa shape index (κ2) is 5.76. The number of aromatic hydroxyl groups is 1. The Morgan fingerprint density at radius 1 is 1.19 bits per heavy atom. The van der Waals surface area contributed by atoms with Crippen LogP contribution in [0.15, 0.2) is 36.4 Å². The first kappa shape index (κ1) is 17.4. The van der Waals surface area contributed by atoms with Gasteiger partial charge in [0.15, 0.2) is 5.60 Å². The summed E-state index contributed by atoms with van der Waals surface area (Å²) >= 11 is 0. The Labute approximate surface area is 156 Å². The van der Waals surface area contributed by atoms with Gasteiger partial charge in [-0.15, -0.1) is 0 Å². The molecule has 0 spiro atoms. The minimum Gasteiger partial charge on any atom is -0.507 e. The molecule has 27 heavy (non-hydrogen) atoms. The summed E-state index contributed by atoms with van der Waals surface area (Å²) in [5.74, 6) is 0.641. The van der Waals surface area contributed by atoms with Crippen molar-refractivity contribution in [1.29, 1.82) is 0 Å². The summed E-state index contributed by atoms with van der Waals surface area (Å²) in [5.41, 5.74) is -1.46. The lowest BCUT2D eigenvalue weighted by Gasteiger charge is -2.35. The lowest BCUT2D eigenvalue weighted by atomic mass is 9.83. The number of ketones is 1. The predicted octanol–water partition coefficient (Wildman–Crippen LogP) is 3.05. The number of phenolic OH excluding ortho intramolecular Hbond substituents is 1. The van der Waals surface area contributed by atoms with E-state index in [0.29, 0.717) is 22.8 Å². The van der Waals surface area contributed by atoms with Gasteiger partial charge in [0, 0.05) is 11.6 Å². The molecule has 0 saturated heterocycles. The van der Waals surface area contributed by atoms with Crippen molar-refractivity contribution < 1.29 is 29.2 Å². The molecule has 140 valence electrons. The predicted molar refractivity (Wildman–Crippen MR) is 98.6 cm³/mol. The number of carbonyl (C=O) groups is 1. The SMILES string of the molecule is COc1ccc(C2(O)COc3c(ccc4c3C=CC(C)(C)O4)C2=O)c(O)c1. The molecule has 4 rings (SSSR count). The quantitative estimate of drug-likeness (QED) is 0.848. The zero-order chi connectivity index (χ0) is 19.4. The maximum Gasteiger partial charge on any atom is 0.206 e. The number of rotatable bonds is 2. The van der Waals surface area contributed by atoms with Crippen molar-refractivity contribution in [2.45, 2.75) is 25.0 Å². The molecule has 6 heteroatoms. The van der Waals surface area contributed by atoms with Gasteiger partial charge in [-0.3, -0.25) is 4.79 Å². The Balaban J connectivity index is 1.78. The molecule has 2 N–H and O–H groups in total. The van der Waals surface area contributed by atoms with E-state index < -0.39 is 17.0 Å². The van der Waals surface area contributed by atoms with Crippen LogP contribution in [-0.4, -0.2) is 35.3 Å². The molecule has 0 aromatic heterocycles. The number of Topliss-reactive ketones (excluding diaryl/α,β-unsaturated/α-hetero) is 1. The highest BCUT2D eigenvalue weighted by atomic mass is 16.5. The Morgan fingerprint density at radius 2 is 1.96 bits per heavy atom. The van der Waals surface area contributed by atoms with Gasteiger partial charge in [0.05, 0.1) is 18.2 Å². The number of hydrogen-bond donors (Lipinski definition) is 2. The highest BCUT2D eigenvalue weighted by Crippen LogP contribution is 2.45. The van der Waals surface area contributed by atoms with Crippen LogP contribution in [0.5, 0.6) is 23.0 Å². The lowest BCUT2D eigenvalue weighted by molar-refractivity contribution is -0.00653. The average molecular weight is 368 g/mol. The van der Waals surface area contributed by atoms with E-state index in [4.69, 9.17) is 14.2 Å². The van der Waals surface area contributed by atoms with Crippen molar-refractivity contribution in [3.63, 3.8) is 0 Å². The molecule has 2 aromatic rings. The maximum absolute atomic E-state index is 13.1. The lowest BCUT2D eigenvalue weighted by Crippen LogP contribution is -2.45. The second-order valence-electron chi connectivity index (χ2n) is 7.25. The Kier molecular flexibility index (Phi) is 3.71. The number of carbonyl (C=O) groups excluding carboxylic acids is 1. The molecule has 0 aliphatic carbocycles. The van der Waals surface area contributed by atoms with Crippen molar-refractivity contribution in [2.75, 3.05) is 13.7 Å². The standard InChI is InChI=1S/C21H20O6/c1-20(2)9-8-13-17(27-20)7-5-14-18(13)26-11-21(24,19(14)23)15-6-4-12(25-3)10-16(15)22/h4-10,22,24H,11H2,1-3H3. The molecule has 0 saturated carbocycles. The third kappa shape index (κ3) is 2.64. The van der Waals surface area contributed by atoms with Gasteiger partial charge in [-0.25, -0.2) is 0 Å². The Bertz CT molecular complexity index is 975. The molecular weight excluding hydrogens is 348 g/mol. The van der Waals surface area contributed by atoms with Crippen LogP contribution in [0.3, 0.4) is 0 Å². The van der Waals surface area contributed by atoms with Crippen molar-refractivity contribution >= 4 is 11.9 Å². The number of ether oxygens (including phenoxy) is 3. The molecule has 1 unspecified atom stereocenters. The topological polar surface area (TPSA) is 85.2 Å². The molecule has 6 nitrogen and oxygen atoms in total. The summed E-state index contributed by atoms with van der Waals surface area (Å²) < 4.78 is 16.8. The summed E-state index contributed by atoms with van der Waals surface area (Å²) in [7, 11) is 1.47. The van der Waals surface area contributed by atoms with Crippen LogP contribution < -0.4 is 14.2 Å². The van der Waals surface area contributed by atoms with E-state index in [2.05, 4.69) is 0 Å². The highest BCUT2D eigenvalue weighted by molar-refractivity contribution is 6.07. The Hall–Kier alpha value is -2.99. The highest BCUT2D eigenvalue weighted by Gasteiger charge is 2.47. The molecule has 0 fully saturated rings. The first-order valence-electron chi connectivity index (χ1n) is 8.58. The number of hydrogen-bond acceptors (Lipinski definition) is 6. The summed E-state index contributed by atoms with van der Waals surface area (Å²) in [6.45, 7) is 3.55. The van der Waals surface area contributed by atoms with Crippen LogP contribution >= 0.6 is 0 Å². The molecule has 2 aliphatic heterocycles. The van der Waals surface area contributed by atoms with Crippen molar-refractivity contribution in [2.24, 2.45) is 0 Å².